The van der Waals surface area contributed by atoms with Gasteiger partial charge in [-0.2, -0.15) is 4.37 Å². The minimum Gasteiger partial charge on any atom is -0.479 e. The lowest BCUT2D eigenvalue weighted by Gasteiger charge is -2.19. The molecular formula is C26H20IN3O4S. The molecule has 0 aliphatic heterocycles. The fraction of sp³-hybridized carbons (Fsp3) is 0.154. The lowest BCUT2D eigenvalue weighted by atomic mass is 10.1. The van der Waals surface area contributed by atoms with Crippen molar-refractivity contribution in [2.24, 2.45) is 0 Å². The number of carboxylic acids is 1. The van der Waals surface area contributed by atoms with Crippen molar-refractivity contribution in [2.45, 2.75) is 26.4 Å². The number of carboxylic acid groups (broad SMARTS) is 1. The van der Waals surface area contributed by atoms with Crippen molar-refractivity contribution in [2.75, 3.05) is 0 Å². The van der Waals surface area contributed by atoms with E-state index in [2.05, 4.69) is 16.5 Å². The summed E-state index contributed by atoms with van der Waals surface area (Å²) in [6.45, 7) is 4.14. The molecule has 2 heterocycles. The molecule has 0 fully saturated rings. The minimum absolute atomic E-state index is 0.112. The summed E-state index contributed by atoms with van der Waals surface area (Å²) in [6.07, 6.45) is 0. The van der Waals surface area contributed by atoms with Crippen LogP contribution in [-0.4, -0.2) is 24.6 Å². The van der Waals surface area contributed by atoms with E-state index in [4.69, 9.17) is 0 Å². The van der Waals surface area contributed by atoms with Crippen molar-refractivity contribution < 1.29 is 9.90 Å². The van der Waals surface area contributed by atoms with Crippen LogP contribution >= 0.6 is 34.1 Å². The van der Waals surface area contributed by atoms with Gasteiger partial charge in [0.15, 0.2) is 6.04 Å². The van der Waals surface area contributed by atoms with Gasteiger partial charge >= 0.3 is 11.7 Å². The molecule has 9 heteroatoms. The van der Waals surface area contributed by atoms with Crippen molar-refractivity contribution in [3.63, 3.8) is 0 Å². The van der Waals surface area contributed by atoms with Crippen LogP contribution in [0.4, 0.5) is 0 Å². The van der Waals surface area contributed by atoms with Crippen molar-refractivity contribution >= 4 is 61.1 Å². The summed E-state index contributed by atoms with van der Waals surface area (Å²) in [5, 5.41) is 11.4. The number of hydrogen-bond donors (Lipinski definition) is 1. The fourth-order valence-electron chi connectivity index (χ4n) is 4.59. The maximum absolute atomic E-state index is 13.9. The Labute approximate surface area is 217 Å². The van der Waals surface area contributed by atoms with E-state index in [0.717, 1.165) is 25.8 Å². The van der Waals surface area contributed by atoms with E-state index < -0.39 is 23.3 Å². The summed E-state index contributed by atoms with van der Waals surface area (Å²) in [4.78, 5) is 39.9. The van der Waals surface area contributed by atoms with Crippen molar-refractivity contribution in [3.8, 4) is 0 Å². The second-order valence-electron chi connectivity index (χ2n) is 8.41. The largest absolute Gasteiger partial charge is 0.479 e. The molecule has 0 spiro atoms. The molecule has 7 nitrogen and oxygen atoms in total. The molecule has 5 rings (SSSR count). The lowest BCUT2D eigenvalue weighted by Crippen LogP contribution is -2.45. The molecule has 0 bridgehead atoms. The van der Waals surface area contributed by atoms with Crippen molar-refractivity contribution in [3.05, 3.63) is 107 Å². The van der Waals surface area contributed by atoms with Crippen LogP contribution in [0.2, 0.25) is 0 Å². The first-order valence-corrected chi connectivity index (χ1v) is 12.7. The number of aromatic nitrogens is 3. The summed E-state index contributed by atoms with van der Waals surface area (Å²) in [5.41, 5.74) is 2.37. The first-order chi connectivity index (χ1) is 16.8. The van der Waals surface area contributed by atoms with Gasteiger partial charge in [-0.1, -0.05) is 42.5 Å². The number of rotatable bonds is 5. The summed E-state index contributed by atoms with van der Waals surface area (Å²) >= 11 is 3.41. The zero-order valence-electron chi connectivity index (χ0n) is 18.9. The van der Waals surface area contributed by atoms with Gasteiger partial charge in [-0.25, -0.2) is 14.2 Å². The molecule has 0 saturated heterocycles. The van der Waals surface area contributed by atoms with Crippen molar-refractivity contribution in [1.29, 1.82) is 0 Å². The number of carbonyl (C=O) groups is 1. The third-order valence-electron chi connectivity index (χ3n) is 6.05. The normalized spacial score (nSPS) is 12.3. The second kappa shape index (κ2) is 9.04. The van der Waals surface area contributed by atoms with Crippen LogP contribution in [-0.2, 0) is 11.3 Å². The van der Waals surface area contributed by atoms with Crippen LogP contribution in [0.3, 0.4) is 0 Å². The van der Waals surface area contributed by atoms with Crippen LogP contribution in [0.5, 0.6) is 0 Å². The Morgan fingerprint density at radius 2 is 1.80 bits per heavy atom. The van der Waals surface area contributed by atoms with E-state index in [9.17, 15) is 19.5 Å². The first-order valence-electron chi connectivity index (χ1n) is 10.8. The van der Waals surface area contributed by atoms with E-state index in [1.807, 2.05) is 36.4 Å². The Balaban J connectivity index is 1.83. The average Bonchev–Trinajstić information content (AvgIpc) is 3.22. The highest BCUT2D eigenvalue weighted by Crippen LogP contribution is 2.29. The third kappa shape index (κ3) is 3.98. The van der Waals surface area contributed by atoms with Crippen LogP contribution in [0.15, 0.2) is 70.3 Å². The van der Waals surface area contributed by atoms with E-state index in [1.165, 1.54) is 16.1 Å². The number of hydrogen-bond acceptors (Lipinski definition) is 5. The average molecular weight is 597 g/mol. The molecule has 0 aliphatic carbocycles. The Hall–Kier alpha value is -3.31. The first kappa shape index (κ1) is 23.4. The third-order valence-corrected chi connectivity index (χ3v) is 7.78. The lowest BCUT2D eigenvalue weighted by molar-refractivity contribution is -0.139. The van der Waals surface area contributed by atoms with Gasteiger partial charge in [0.1, 0.15) is 0 Å². The van der Waals surface area contributed by atoms with Crippen LogP contribution in [0.25, 0.3) is 21.0 Å². The maximum atomic E-state index is 13.9. The number of halogens is 1. The molecule has 3 aromatic carbocycles. The maximum Gasteiger partial charge on any atom is 0.332 e. The van der Waals surface area contributed by atoms with Gasteiger partial charge in [0.2, 0.25) is 0 Å². The van der Waals surface area contributed by atoms with Crippen LogP contribution in [0.1, 0.15) is 28.4 Å². The van der Waals surface area contributed by atoms with E-state index in [0.29, 0.717) is 25.7 Å². The molecule has 0 unspecified atom stereocenters. The highest BCUT2D eigenvalue weighted by molar-refractivity contribution is 14.1. The molecular weight excluding hydrogens is 577 g/mol. The van der Waals surface area contributed by atoms with Gasteiger partial charge in [0.25, 0.3) is 5.56 Å². The topological polar surface area (TPSA) is 94.2 Å². The quantitative estimate of drug-likeness (QED) is 0.296. The standard InChI is InChI=1S/C26H20IN3O4S/c1-14-11-15(2)21-18(28-35-20(21)12-14)13-29-19-10-6-9-17(27)22(19)24(31)30(26(29)34)23(25(32)33)16-7-4-3-5-8-16/h3-12,23H,13H2,1-2H3,(H,32,33)/t23-/m1/s1. The number of benzene rings is 3. The second-order valence-corrected chi connectivity index (χ2v) is 10.4. The summed E-state index contributed by atoms with van der Waals surface area (Å²) in [6, 6.07) is 16.3. The highest BCUT2D eigenvalue weighted by Gasteiger charge is 2.28. The summed E-state index contributed by atoms with van der Waals surface area (Å²) < 4.78 is 8.61. The number of aliphatic carboxylic acids is 1. The van der Waals surface area contributed by atoms with Gasteiger partial charge in [-0.3, -0.25) is 9.36 Å². The molecule has 1 N–H and O–H groups in total. The Kier molecular flexibility index (Phi) is 6.06. The molecule has 1 atom stereocenters. The summed E-state index contributed by atoms with van der Waals surface area (Å²) in [7, 11) is 0. The number of nitrogens with zero attached hydrogens (tertiary/aromatic N) is 3. The molecule has 2 aromatic heterocycles. The molecule has 0 aliphatic rings. The van der Waals surface area contributed by atoms with Gasteiger partial charge in [0, 0.05) is 8.96 Å². The van der Waals surface area contributed by atoms with Gasteiger partial charge < -0.3 is 5.11 Å². The predicted octanol–water partition coefficient (Wildman–Crippen LogP) is 4.72. The SMILES string of the molecule is Cc1cc(C)c2c(Cn3c(=O)n([C@@H](C(=O)O)c4ccccc4)c(=O)c4c(I)cccc43)nsc2c1. The van der Waals surface area contributed by atoms with E-state index in [-0.39, 0.29) is 6.54 Å². The zero-order chi connectivity index (χ0) is 24.9. The number of aryl methyl sites for hydroxylation is 2. The van der Waals surface area contributed by atoms with Gasteiger partial charge in [0.05, 0.1) is 27.8 Å². The van der Waals surface area contributed by atoms with Crippen molar-refractivity contribution in [1.82, 2.24) is 13.5 Å². The number of fused-ring (bicyclic) bond motifs is 2. The van der Waals surface area contributed by atoms with Gasteiger partial charge in [-0.05, 0) is 82.9 Å². The Morgan fingerprint density at radius 3 is 2.51 bits per heavy atom. The molecule has 176 valence electrons. The van der Waals surface area contributed by atoms with E-state index >= 15 is 0 Å². The molecule has 0 amide bonds. The summed E-state index contributed by atoms with van der Waals surface area (Å²) in [5.74, 6) is -1.28. The molecule has 0 saturated carbocycles. The predicted molar refractivity (Wildman–Crippen MR) is 146 cm³/mol. The highest BCUT2D eigenvalue weighted by atomic mass is 127. The van der Waals surface area contributed by atoms with Gasteiger partial charge in [-0.15, -0.1) is 0 Å². The monoisotopic (exact) mass is 597 g/mol. The minimum atomic E-state index is -1.46. The zero-order valence-corrected chi connectivity index (χ0v) is 21.8. The molecule has 5 aromatic rings. The van der Waals surface area contributed by atoms with E-state index in [1.54, 1.807) is 48.5 Å². The van der Waals surface area contributed by atoms with Crippen LogP contribution < -0.4 is 11.2 Å². The molecule has 0 radical (unpaired) electrons. The Bertz CT molecular complexity index is 1740. The smallest absolute Gasteiger partial charge is 0.332 e. The molecule has 35 heavy (non-hydrogen) atoms. The fourth-order valence-corrected chi connectivity index (χ4v) is 6.27. The Morgan fingerprint density at radius 1 is 1.06 bits per heavy atom. The van der Waals surface area contributed by atoms with Crippen LogP contribution in [0, 0.1) is 17.4 Å².